The van der Waals surface area contributed by atoms with Crippen molar-refractivity contribution in [2.45, 2.75) is 6.42 Å². The fourth-order valence-electron chi connectivity index (χ4n) is 1.34. The van der Waals surface area contributed by atoms with Crippen LogP contribution in [0.3, 0.4) is 0 Å². The first-order chi connectivity index (χ1) is 8.29. The highest BCUT2D eigenvalue weighted by molar-refractivity contribution is 5.48. The molecule has 1 N–H and O–H groups in total. The molecule has 0 fully saturated rings. The lowest BCUT2D eigenvalue weighted by Gasteiger charge is -2.05. The third-order valence-corrected chi connectivity index (χ3v) is 2.17. The Morgan fingerprint density at radius 1 is 1.47 bits per heavy atom. The lowest BCUT2D eigenvalue weighted by molar-refractivity contribution is 0.410. The molecule has 0 bridgehead atoms. The van der Waals surface area contributed by atoms with E-state index in [0.29, 0.717) is 30.0 Å². The van der Waals surface area contributed by atoms with Gasteiger partial charge in [0, 0.05) is 13.0 Å². The highest BCUT2D eigenvalue weighted by Crippen LogP contribution is 2.15. The molecule has 0 saturated heterocycles. The maximum atomic E-state index is 13.4. The van der Waals surface area contributed by atoms with Crippen molar-refractivity contribution < 1.29 is 8.91 Å². The molecule has 0 unspecified atom stereocenters. The number of nitrogens with one attached hydrogen (secondary N) is 1. The summed E-state index contributed by atoms with van der Waals surface area (Å²) in [5.74, 6) is 0.115. The Labute approximate surface area is 96.9 Å². The molecular weight excluding hydrogens is 223 g/mol. The smallest absolute Gasteiger partial charge is 0.213 e. The summed E-state index contributed by atoms with van der Waals surface area (Å²) >= 11 is 0. The second-order valence-electron chi connectivity index (χ2n) is 3.33. The Balaban J connectivity index is 1.93. The number of hydrogen-bond donors (Lipinski definition) is 1. The van der Waals surface area contributed by atoms with Crippen LogP contribution in [-0.4, -0.2) is 16.7 Å². The average molecular weight is 232 g/mol. The van der Waals surface area contributed by atoms with Crippen LogP contribution in [-0.2, 0) is 6.42 Å². The van der Waals surface area contributed by atoms with E-state index >= 15 is 0 Å². The van der Waals surface area contributed by atoms with Gasteiger partial charge in [0.25, 0.3) is 0 Å². The van der Waals surface area contributed by atoms with E-state index in [9.17, 15) is 4.39 Å². The molecule has 0 atom stereocenters. The average Bonchev–Trinajstić information content (AvgIpc) is 2.84. The lowest BCUT2D eigenvalue weighted by atomic mass is 10.2. The number of nitriles is 1. The molecule has 0 aliphatic rings. The molecule has 1 heterocycles. The molecule has 0 radical (unpaired) electrons. The van der Waals surface area contributed by atoms with Gasteiger partial charge >= 0.3 is 0 Å². The van der Waals surface area contributed by atoms with E-state index in [0.717, 1.165) is 0 Å². The second-order valence-corrected chi connectivity index (χ2v) is 3.33. The van der Waals surface area contributed by atoms with E-state index in [1.807, 2.05) is 6.07 Å². The van der Waals surface area contributed by atoms with Crippen molar-refractivity contribution in [3.8, 4) is 6.07 Å². The van der Waals surface area contributed by atoms with Gasteiger partial charge in [0.05, 0.1) is 17.3 Å². The summed E-state index contributed by atoms with van der Waals surface area (Å²) in [5.41, 5.74) is 0.652. The zero-order valence-corrected chi connectivity index (χ0v) is 8.85. The number of hydrogen-bond acceptors (Lipinski definition) is 5. The quantitative estimate of drug-likeness (QED) is 0.868. The van der Waals surface area contributed by atoms with Crippen LogP contribution in [0.4, 0.5) is 10.1 Å². The van der Waals surface area contributed by atoms with Crippen molar-refractivity contribution in [2.75, 3.05) is 11.9 Å². The minimum Gasteiger partial charge on any atom is -0.382 e. The van der Waals surface area contributed by atoms with Crippen LogP contribution < -0.4 is 5.32 Å². The van der Waals surface area contributed by atoms with E-state index in [2.05, 4.69) is 20.0 Å². The Hall–Kier alpha value is -2.42. The SMILES string of the molecule is N#Cc1ccc(NCCc2ncon2)c(F)c1. The first kappa shape index (κ1) is 11.1. The Kier molecular flexibility index (Phi) is 3.31. The molecule has 86 valence electrons. The van der Waals surface area contributed by atoms with Gasteiger partial charge in [0.15, 0.2) is 5.82 Å². The van der Waals surface area contributed by atoms with Crippen LogP contribution in [0.1, 0.15) is 11.4 Å². The van der Waals surface area contributed by atoms with E-state index in [4.69, 9.17) is 5.26 Å². The minimum absolute atomic E-state index is 0.297. The molecular formula is C11H9FN4O. The summed E-state index contributed by atoms with van der Waals surface area (Å²) in [6.45, 7) is 0.488. The maximum absolute atomic E-state index is 13.4. The molecule has 0 amide bonds. The fraction of sp³-hybridized carbons (Fsp3) is 0.182. The molecule has 0 saturated carbocycles. The van der Waals surface area contributed by atoms with Crippen molar-refractivity contribution in [1.82, 2.24) is 10.1 Å². The molecule has 2 aromatic rings. The highest BCUT2D eigenvalue weighted by atomic mass is 19.1. The normalized spacial score (nSPS) is 9.88. The number of rotatable bonds is 4. The zero-order chi connectivity index (χ0) is 12.1. The van der Waals surface area contributed by atoms with Gasteiger partial charge in [-0.1, -0.05) is 5.16 Å². The maximum Gasteiger partial charge on any atom is 0.213 e. The van der Waals surface area contributed by atoms with E-state index < -0.39 is 5.82 Å². The van der Waals surface area contributed by atoms with Gasteiger partial charge in [-0.3, -0.25) is 0 Å². The predicted molar refractivity (Wildman–Crippen MR) is 57.6 cm³/mol. The topological polar surface area (TPSA) is 74.7 Å². The van der Waals surface area contributed by atoms with Crippen LogP contribution >= 0.6 is 0 Å². The molecule has 5 nitrogen and oxygen atoms in total. The van der Waals surface area contributed by atoms with Crippen molar-refractivity contribution >= 4 is 5.69 Å². The Bertz CT molecular complexity index is 533. The largest absolute Gasteiger partial charge is 0.382 e. The highest BCUT2D eigenvalue weighted by Gasteiger charge is 2.03. The van der Waals surface area contributed by atoms with Gasteiger partial charge in [0.1, 0.15) is 5.82 Å². The van der Waals surface area contributed by atoms with Crippen LogP contribution in [0.2, 0.25) is 0 Å². The fourth-order valence-corrected chi connectivity index (χ4v) is 1.34. The van der Waals surface area contributed by atoms with Crippen molar-refractivity contribution in [3.05, 3.63) is 41.8 Å². The van der Waals surface area contributed by atoms with Crippen molar-refractivity contribution in [2.24, 2.45) is 0 Å². The van der Waals surface area contributed by atoms with E-state index in [1.54, 1.807) is 6.07 Å². The predicted octanol–water partition coefficient (Wildman–Crippen LogP) is 1.73. The van der Waals surface area contributed by atoms with Crippen LogP contribution in [0.5, 0.6) is 0 Å². The van der Waals surface area contributed by atoms with Gasteiger partial charge < -0.3 is 9.84 Å². The minimum atomic E-state index is -0.447. The van der Waals surface area contributed by atoms with Crippen molar-refractivity contribution in [1.29, 1.82) is 5.26 Å². The zero-order valence-electron chi connectivity index (χ0n) is 8.85. The van der Waals surface area contributed by atoms with Gasteiger partial charge in [-0.05, 0) is 18.2 Å². The number of anilines is 1. The lowest BCUT2D eigenvalue weighted by Crippen LogP contribution is -2.07. The van der Waals surface area contributed by atoms with E-state index in [1.165, 1.54) is 18.5 Å². The molecule has 1 aromatic carbocycles. The monoisotopic (exact) mass is 232 g/mol. The number of aromatic nitrogens is 2. The van der Waals surface area contributed by atoms with E-state index in [-0.39, 0.29) is 0 Å². The summed E-state index contributed by atoms with van der Waals surface area (Å²) < 4.78 is 18.0. The number of nitrogens with zero attached hydrogens (tertiary/aromatic N) is 3. The van der Waals surface area contributed by atoms with Crippen LogP contribution in [0.25, 0.3) is 0 Å². The third kappa shape index (κ3) is 2.78. The number of halogens is 1. The molecule has 0 aliphatic heterocycles. The summed E-state index contributed by atoms with van der Waals surface area (Å²) in [7, 11) is 0. The van der Waals surface area contributed by atoms with Gasteiger partial charge in [-0.15, -0.1) is 0 Å². The molecule has 6 heteroatoms. The second kappa shape index (κ2) is 5.07. The van der Waals surface area contributed by atoms with Crippen molar-refractivity contribution in [3.63, 3.8) is 0 Å². The third-order valence-electron chi connectivity index (χ3n) is 2.17. The molecule has 0 aliphatic carbocycles. The van der Waals surface area contributed by atoms with Gasteiger partial charge in [-0.2, -0.15) is 10.2 Å². The molecule has 2 rings (SSSR count). The Morgan fingerprint density at radius 3 is 3.00 bits per heavy atom. The molecule has 17 heavy (non-hydrogen) atoms. The molecule has 0 spiro atoms. The Morgan fingerprint density at radius 2 is 2.35 bits per heavy atom. The summed E-state index contributed by atoms with van der Waals surface area (Å²) in [5, 5.41) is 15.1. The summed E-state index contributed by atoms with van der Waals surface area (Å²) in [4.78, 5) is 3.84. The number of benzene rings is 1. The van der Waals surface area contributed by atoms with Crippen LogP contribution in [0, 0.1) is 17.1 Å². The summed E-state index contributed by atoms with van der Waals surface area (Å²) in [6, 6.07) is 6.15. The van der Waals surface area contributed by atoms with Gasteiger partial charge in [0.2, 0.25) is 6.39 Å². The van der Waals surface area contributed by atoms with Gasteiger partial charge in [-0.25, -0.2) is 4.39 Å². The standard InChI is InChI=1S/C11H9FN4O/c12-9-5-8(6-13)1-2-10(9)14-4-3-11-15-7-17-16-11/h1-2,5,7,14H,3-4H2. The van der Waals surface area contributed by atoms with Crippen LogP contribution in [0.15, 0.2) is 29.1 Å². The first-order valence-electron chi connectivity index (χ1n) is 4.98. The molecule has 1 aromatic heterocycles. The summed E-state index contributed by atoms with van der Waals surface area (Å²) in [6.07, 6.45) is 1.79. The first-order valence-corrected chi connectivity index (χ1v) is 4.98.